The van der Waals surface area contributed by atoms with Gasteiger partial charge in [-0.05, 0) is 70.0 Å². The van der Waals surface area contributed by atoms with Crippen LogP contribution >= 0.6 is 11.6 Å². The SMILES string of the molecule is Cc1ncc2c(c1OC(=O)c1ccc(C(C)O/N=[N+](\[O-])N(C)C(C)(C)C)cc1)CO[C@H]2c1ccc(Cl)cc1. The molecule has 0 amide bonds. The van der Waals surface area contributed by atoms with Gasteiger partial charge in [-0.2, -0.15) is 0 Å². The Labute approximate surface area is 227 Å². The third-order valence-corrected chi connectivity index (χ3v) is 6.76. The van der Waals surface area contributed by atoms with Gasteiger partial charge >= 0.3 is 5.97 Å². The van der Waals surface area contributed by atoms with E-state index in [9.17, 15) is 10.0 Å². The zero-order chi connectivity index (χ0) is 27.6. The number of aromatic nitrogens is 1. The van der Waals surface area contributed by atoms with Gasteiger partial charge in [0.15, 0.2) is 11.9 Å². The summed E-state index contributed by atoms with van der Waals surface area (Å²) in [4.78, 5) is 23.2. The number of halogens is 1. The second kappa shape index (κ2) is 11.0. The van der Waals surface area contributed by atoms with Crippen LogP contribution in [-0.2, 0) is 16.2 Å². The van der Waals surface area contributed by atoms with Crippen LogP contribution in [0.4, 0.5) is 0 Å². The maximum Gasteiger partial charge on any atom is 0.343 e. The molecule has 200 valence electrons. The summed E-state index contributed by atoms with van der Waals surface area (Å²) in [7, 11) is 1.63. The quantitative estimate of drug-likeness (QED) is 0.147. The number of hydrazine groups is 1. The van der Waals surface area contributed by atoms with E-state index < -0.39 is 17.6 Å². The lowest BCUT2D eigenvalue weighted by molar-refractivity contribution is -0.720. The summed E-state index contributed by atoms with van der Waals surface area (Å²) in [5.74, 6) is -0.109. The van der Waals surface area contributed by atoms with Crippen molar-refractivity contribution in [2.45, 2.75) is 59.0 Å². The lowest BCUT2D eigenvalue weighted by Crippen LogP contribution is -2.42. The van der Waals surface area contributed by atoms with E-state index in [0.29, 0.717) is 33.6 Å². The Balaban J connectivity index is 1.46. The fourth-order valence-corrected chi connectivity index (χ4v) is 3.98. The van der Waals surface area contributed by atoms with Crippen LogP contribution in [0.15, 0.2) is 60.0 Å². The number of rotatable bonds is 7. The number of aryl methyl sites for hydroxylation is 1. The molecule has 0 N–H and O–H groups in total. The number of ether oxygens (including phenoxy) is 2. The van der Waals surface area contributed by atoms with Crippen molar-refractivity contribution in [3.05, 3.63) is 98.5 Å². The highest BCUT2D eigenvalue weighted by Crippen LogP contribution is 2.41. The van der Waals surface area contributed by atoms with Gasteiger partial charge in [-0.3, -0.25) is 4.98 Å². The van der Waals surface area contributed by atoms with E-state index in [1.54, 1.807) is 51.4 Å². The first-order valence-corrected chi connectivity index (χ1v) is 12.6. The second-order valence-electron chi connectivity index (χ2n) is 10.1. The molecule has 1 unspecified atom stereocenters. The molecule has 0 aliphatic carbocycles. The van der Waals surface area contributed by atoms with Crippen molar-refractivity contribution in [3.8, 4) is 5.75 Å². The molecule has 1 aromatic heterocycles. The largest absolute Gasteiger partial charge is 0.569 e. The van der Waals surface area contributed by atoms with Crippen molar-refractivity contribution < 1.29 is 24.1 Å². The van der Waals surface area contributed by atoms with E-state index in [-0.39, 0.29) is 6.10 Å². The molecule has 2 aromatic carbocycles. The van der Waals surface area contributed by atoms with Gasteiger partial charge in [0, 0.05) is 22.3 Å². The molecule has 0 saturated carbocycles. The molecular formula is C28H31ClN4O5. The minimum atomic E-state index is -0.513. The van der Waals surface area contributed by atoms with Crippen molar-refractivity contribution in [1.82, 2.24) is 9.99 Å². The average Bonchev–Trinajstić information content (AvgIpc) is 3.32. The third-order valence-electron chi connectivity index (χ3n) is 6.51. The molecule has 0 spiro atoms. The Morgan fingerprint density at radius 3 is 2.50 bits per heavy atom. The highest BCUT2D eigenvalue weighted by atomic mass is 35.5. The molecule has 2 atom stereocenters. The van der Waals surface area contributed by atoms with Crippen molar-refractivity contribution in [2.75, 3.05) is 7.05 Å². The zero-order valence-corrected chi connectivity index (χ0v) is 23.0. The number of fused-ring (bicyclic) bond motifs is 1. The van der Waals surface area contributed by atoms with E-state index >= 15 is 0 Å². The van der Waals surface area contributed by atoms with Gasteiger partial charge in [0.1, 0.15) is 6.10 Å². The summed E-state index contributed by atoms with van der Waals surface area (Å²) >= 11 is 6.02. The van der Waals surface area contributed by atoms with Gasteiger partial charge in [-0.15, -0.1) is 5.01 Å². The lowest BCUT2D eigenvalue weighted by atomic mass is 10.0. The van der Waals surface area contributed by atoms with E-state index in [0.717, 1.165) is 22.3 Å². The molecule has 38 heavy (non-hydrogen) atoms. The van der Waals surface area contributed by atoms with Crippen molar-refractivity contribution in [3.63, 3.8) is 0 Å². The maximum atomic E-state index is 13.0. The number of pyridine rings is 1. The van der Waals surface area contributed by atoms with Gasteiger partial charge in [-0.25, -0.2) is 4.79 Å². The van der Waals surface area contributed by atoms with Crippen LogP contribution in [0.5, 0.6) is 5.75 Å². The number of esters is 1. The molecular weight excluding hydrogens is 508 g/mol. The number of carbonyl (C=O) groups excluding carboxylic acids is 1. The number of hydrogen-bond acceptors (Lipinski definition) is 7. The number of nitrogens with zero attached hydrogens (tertiary/aromatic N) is 4. The molecule has 4 rings (SSSR count). The second-order valence-corrected chi connectivity index (χ2v) is 10.6. The highest BCUT2D eigenvalue weighted by Gasteiger charge is 2.30. The number of hydrogen-bond donors (Lipinski definition) is 0. The first kappa shape index (κ1) is 27.3. The molecule has 3 aromatic rings. The predicted octanol–water partition coefficient (Wildman–Crippen LogP) is 6.48. The molecule has 9 nitrogen and oxygen atoms in total. The zero-order valence-electron chi connectivity index (χ0n) is 22.3. The van der Waals surface area contributed by atoms with Crippen molar-refractivity contribution in [2.24, 2.45) is 5.28 Å². The summed E-state index contributed by atoms with van der Waals surface area (Å²) in [6.07, 6.45) is 0.945. The topological polar surface area (TPSA) is 99.3 Å². The lowest BCUT2D eigenvalue weighted by Gasteiger charge is -2.26. The molecule has 0 bridgehead atoms. The highest BCUT2D eigenvalue weighted by molar-refractivity contribution is 6.30. The fourth-order valence-electron chi connectivity index (χ4n) is 3.86. The van der Waals surface area contributed by atoms with Gasteiger partial charge in [0.2, 0.25) is 5.28 Å². The van der Waals surface area contributed by atoms with E-state index in [2.05, 4.69) is 10.3 Å². The normalized spacial score (nSPS) is 16.1. The Kier molecular flexibility index (Phi) is 7.89. The van der Waals surface area contributed by atoms with Gasteiger partial charge in [-0.1, -0.05) is 35.9 Å². The van der Waals surface area contributed by atoms with Crippen molar-refractivity contribution >= 4 is 17.6 Å². The van der Waals surface area contributed by atoms with Gasteiger partial charge < -0.3 is 19.5 Å². The summed E-state index contributed by atoms with van der Waals surface area (Å²) in [6, 6.07) is 14.2. The number of benzene rings is 2. The first-order chi connectivity index (χ1) is 18.0. The van der Waals surface area contributed by atoms with Crippen LogP contribution in [0.2, 0.25) is 5.02 Å². The molecule has 1 aliphatic rings. The van der Waals surface area contributed by atoms with Crippen LogP contribution in [-0.4, -0.2) is 33.5 Å². The van der Waals surface area contributed by atoms with E-state index in [1.807, 2.05) is 45.0 Å². The minimum absolute atomic E-state index is 0.299. The summed E-state index contributed by atoms with van der Waals surface area (Å²) in [5.41, 5.74) is 3.90. The van der Waals surface area contributed by atoms with Crippen LogP contribution in [0.1, 0.15) is 78.2 Å². The Bertz CT molecular complexity index is 1340. The Hall–Kier alpha value is -3.69. The third kappa shape index (κ3) is 5.89. The molecule has 0 fully saturated rings. The molecule has 0 radical (unpaired) electrons. The molecule has 2 heterocycles. The number of carbonyl (C=O) groups is 1. The smallest absolute Gasteiger partial charge is 0.343 e. The molecule has 0 saturated heterocycles. The van der Waals surface area contributed by atoms with Gasteiger partial charge in [0.25, 0.3) is 0 Å². The van der Waals surface area contributed by atoms with Crippen LogP contribution in [0.25, 0.3) is 0 Å². The minimum Gasteiger partial charge on any atom is -0.569 e. The van der Waals surface area contributed by atoms with Crippen molar-refractivity contribution in [1.29, 1.82) is 0 Å². The van der Waals surface area contributed by atoms with Crippen LogP contribution in [0, 0.1) is 12.1 Å². The summed E-state index contributed by atoms with van der Waals surface area (Å²) in [5, 5.41) is 17.8. The average molecular weight is 539 g/mol. The van der Waals surface area contributed by atoms with Gasteiger partial charge in [0.05, 0.1) is 35.4 Å². The molecule has 1 aliphatic heterocycles. The predicted molar refractivity (Wildman–Crippen MR) is 142 cm³/mol. The van der Waals surface area contributed by atoms with Crippen LogP contribution in [0.3, 0.4) is 0 Å². The summed E-state index contributed by atoms with van der Waals surface area (Å²) in [6.45, 7) is 9.53. The standard InChI is InChI=1S/C28H31ClN4O5/c1-17-25(24-16-36-26(23(24)15-30-17)20-11-13-22(29)14-12-20)37-27(34)21-9-7-19(8-10-21)18(2)38-31-33(35)32(6)28(3,4)5/h7-15,18,26H,16H2,1-6H3/b33-31-/t18?,26-/m0/s1. The van der Waals surface area contributed by atoms with E-state index in [1.165, 1.54) is 5.01 Å². The Morgan fingerprint density at radius 1 is 1.21 bits per heavy atom. The van der Waals surface area contributed by atoms with Crippen LogP contribution < -0.4 is 4.74 Å². The first-order valence-electron chi connectivity index (χ1n) is 12.2. The molecule has 10 heteroatoms. The van der Waals surface area contributed by atoms with E-state index in [4.69, 9.17) is 25.9 Å². The Morgan fingerprint density at radius 2 is 1.87 bits per heavy atom. The summed E-state index contributed by atoms with van der Waals surface area (Å²) < 4.78 is 11.8. The monoisotopic (exact) mass is 538 g/mol. The maximum absolute atomic E-state index is 13.0. The fraction of sp³-hybridized carbons (Fsp3) is 0.357.